The van der Waals surface area contributed by atoms with Crippen LogP contribution in [0.1, 0.15) is 31.9 Å². The summed E-state index contributed by atoms with van der Waals surface area (Å²) >= 11 is 0. The summed E-state index contributed by atoms with van der Waals surface area (Å²) in [6.07, 6.45) is 0.830. The van der Waals surface area contributed by atoms with Crippen LogP contribution in [0.3, 0.4) is 0 Å². The molecule has 4 rings (SSSR count). The van der Waals surface area contributed by atoms with Crippen molar-refractivity contribution < 1.29 is 19.1 Å². The van der Waals surface area contributed by atoms with Crippen molar-refractivity contribution in [1.82, 2.24) is 20.9 Å². The Morgan fingerprint density at radius 1 is 0.857 bits per heavy atom. The molecule has 2 saturated heterocycles. The molecule has 8 heteroatoms. The van der Waals surface area contributed by atoms with Crippen LogP contribution in [0.4, 0.5) is 4.79 Å². The van der Waals surface area contributed by atoms with Crippen molar-refractivity contribution in [2.45, 2.75) is 51.3 Å². The molecule has 0 aliphatic carbocycles. The van der Waals surface area contributed by atoms with Gasteiger partial charge in [-0.25, -0.2) is 4.79 Å². The molecule has 0 bridgehead atoms. The van der Waals surface area contributed by atoms with Gasteiger partial charge >= 0.3 is 6.09 Å². The molecule has 3 N–H and O–H groups in total. The van der Waals surface area contributed by atoms with Crippen LogP contribution in [0.5, 0.6) is 0 Å². The van der Waals surface area contributed by atoms with E-state index >= 15 is 0 Å². The van der Waals surface area contributed by atoms with E-state index in [2.05, 4.69) is 16.0 Å². The molecule has 2 aromatic rings. The minimum absolute atomic E-state index is 0.0638. The zero-order valence-corrected chi connectivity index (χ0v) is 20.8. The monoisotopic (exact) mass is 480 g/mol. The lowest BCUT2D eigenvalue weighted by molar-refractivity contribution is -0.128. The van der Waals surface area contributed by atoms with Gasteiger partial charge < -0.3 is 20.7 Å². The fourth-order valence-corrected chi connectivity index (χ4v) is 3.96. The van der Waals surface area contributed by atoms with Gasteiger partial charge in [0.2, 0.25) is 11.8 Å². The van der Waals surface area contributed by atoms with E-state index in [1.54, 1.807) is 0 Å². The number of hydrogen-bond acceptors (Lipinski definition) is 5. The lowest BCUT2D eigenvalue weighted by Crippen LogP contribution is -2.58. The molecule has 2 atom stereocenters. The van der Waals surface area contributed by atoms with Crippen LogP contribution in [0.25, 0.3) is 0 Å². The molecule has 0 saturated carbocycles. The van der Waals surface area contributed by atoms with Gasteiger partial charge in [-0.15, -0.1) is 0 Å². The van der Waals surface area contributed by atoms with Gasteiger partial charge in [0.1, 0.15) is 11.6 Å². The molecule has 0 radical (unpaired) electrons. The number of hydrogen-bond donors (Lipinski definition) is 3. The van der Waals surface area contributed by atoms with Gasteiger partial charge in [0.25, 0.3) is 0 Å². The van der Waals surface area contributed by atoms with Gasteiger partial charge in [-0.05, 0) is 38.3 Å². The SMILES string of the molecule is CC(C)(C)OC(=O)N1CCNC(=O)[C@H]1Cc1ccccc1.O=C1NCCN[C@@H]1Cc1ccccc1. The number of nitrogens with zero attached hydrogens (tertiary/aromatic N) is 1. The number of amides is 3. The number of ether oxygens (including phenoxy) is 1. The van der Waals surface area contributed by atoms with Crippen molar-refractivity contribution in [3.63, 3.8) is 0 Å². The summed E-state index contributed by atoms with van der Waals surface area (Å²) in [5.41, 5.74) is 1.65. The predicted octanol–water partition coefficient (Wildman–Crippen LogP) is 2.28. The number of rotatable bonds is 4. The standard InChI is InChI=1S/C16H22N2O3.C11H14N2O/c1-16(2,3)21-15(20)18-10-9-17-14(19)13(18)11-12-7-5-4-6-8-12;14-11-10(12-6-7-13-11)8-9-4-2-1-3-5-9/h4-8,13H,9-11H2,1-3H3,(H,17,19);1-5,10,12H,6-8H2,(H,13,14)/t13-;10-/m11/s1. The van der Waals surface area contributed by atoms with E-state index in [1.165, 1.54) is 10.5 Å². The fraction of sp³-hybridized carbons (Fsp3) is 0.444. The molecule has 2 aliphatic heterocycles. The molecule has 2 aliphatic rings. The van der Waals surface area contributed by atoms with E-state index in [1.807, 2.05) is 81.4 Å². The number of benzene rings is 2. The Morgan fingerprint density at radius 3 is 2.00 bits per heavy atom. The zero-order valence-electron chi connectivity index (χ0n) is 20.8. The molecule has 0 unspecified atom stereocenters. The van der Waals surface area contributed by atoms with E-state index in [9.17, 15) is 14.4 Å². The van der Waals surface area contributed by atoms with Crippen molar-refractivity contribution in [1.29, 1.82) is 0 Å². The van der Waals surface area contributed by atoms with Gasteiger partial charge in [0.15, 0.2) is 0 Å². The van der Waals surface area contributed by atoms with Crippen LogP contribution in [-0.4, -0.2) is 66.7 Å². The van der Waals surface area contributed by atoms with E-state index in [-0.39, 0.29) is 17.9 Å². The highest BCUT2D eigenvalue weighted by Crippen LogP contribution is 2.17. The Bertz CT molecular complexity index is 976. The number of piperazine rings is 2. The highest BCUT2D eigenvalue weighted by molar-refractivity contribution is 5.87. The Hall–Kier alpha value is -3.39. The average Bonchev–Trinajstić information content (AvgIpc) is 2.82. The van der Waals surface area contributed by atoms with Crippen LogP contribution in [-0.2, 0) is 27.2 Å². The first kappa shape index (κ1) is 26.2. The molecule has 2 aromatic carbocycles. The van der Waals surface area contributed by atoms with Crippen molar-refractivity contribution in [3.05, 3.63) is 71.8 Å². The molecule has 2 fully saturated rings. The highest BCUT2D eigenvalue weighted by Gasteiger charge is 2.35. The van der Waals surface area contributed by atoms with Crippen LogP contribution in [0, 0.1) is 0 Å². The van der Waals surface area contributed by atoms with Crippen molar-refractivity contribution in [2.75, 3.05) is 26.2 Å². The Labute approximate surface area is 207 Å². The first-order chi connectivity index (χ1) is 16.7. The van der Waals surface area contributed by atoms with Gasteiger partial charge in [-0.2, -0.15) is 0 Å². The minimum atomic E-state index is -0.567. The zero-order chi connectivity index (χ0) is 25.3. The summed E-state index contributed by atoms with van der Waals surface area (Å²) in [4.78, 5) is 37.4. The maximum atomic E-state index is 12.3. The predicted molar refractivity (Wildman–Crippen MR) is 135 cm³/mol. The summed E-state index contributed by atoms with van der Waals surface area (Å²) in [5.74, 6) is -0.0175. The maximum Gasteiger partial charge on any atom is 0.411 e. The van der Waals surface area contributed by atoms with Crippen LogP contribution < -0.4 is 16.0 Å². The third kappa shape index (κ3) is 8.40. The molecule has 0 aromatic heterocycles. The normalized spacial score (nSPS) is 20.1. The first-order valence-electron chi connectivity index (χ1n) is 12.1. The van der Waals surface area contributed by atoms with Crippen molar-refractivity contribution >= 4 is 17.9 Å². The van der Waals surface area contributed by atoms with Crippen LogP contribution in [0.2, 0.25) is 0 Å². The molecule has 2 heterocycles. The Morgan fingerprint density at radius 2 is 1.43 bits per heavy atom. The minimum Gasteiger partial charge on any atom is -0.444 e. The van der Waals surface area contributed by atoms with Crippen molar-refractivity contribution in [3.8, 4) is 0 Å². The summed E-state index contributed by atoms with van der Waals surface area (Å²) < 4.78 is 5.40. The first-order valence-corrected chi connectivity index (χ1v) is 12.1. The van der Waals surface area contributed by atoms with Gasteiger partial charge in [0.05, 0.1) is 6.04 Å². The molecule has 188 valence electrons. The van der Waals surface area contributed by atoms with Gasteiger partial charge in [-0.1, -0.05) is 60.7 Å². The van der Waals surface area contributed by atoms with Gasteiger partial charge in [0, 0.05) is 32.6 Å². The lowest BCUT2D eigenvalue weighted by Gasteiger charge is -2.36. The second-order valence-electron chi connectivity index (χ2n) is 9.66. The molecular formula is C27H36N4O4. The summed E-state index contributed by atoms with van der Waals surface area (Å²) in [5, 5.41) is 8.87. The summed E-state index contributed by atoms with van der Waals surface area (Å²) in [6, 6.07) is 19.2. The van der Waals surface area contributed by atoms with Crippen LogP contribution in [0.15, 0.2) is 60.7 Å². The van der Waals surface area contributed by atoms with Crippen LogP contribution >= 0.6 is 0 Å². The molecule has 3 amide bonds. The average molecular weight is 481 g/mol. The second-order valence-corrected chi connectivity index (χ2v) is 9.66. The maximum absolute atomic E-state index is 12.3. The molecule has 8 nitrogen and oxygen atoms in total. The summed E-state index contributed by atoms with van der Waals surface area (Å²) in [7, 11) is 0. The van der Waals surface area contributed by atoms with E-state index in [0.29, 0.717) is 19.5 Å². The van der Waals surface area contributed by atoms with E-state index < -0.39 is 17.7 Å². The topological polar surface area (TPSA) is 99.8 Å². The number of carbonyl (C=O) groups is 3. The summed E-state index contributed by atoms with van der Waals surface area (Å²) in [6.45, 7) is 8.00. The largest absolute Gasteiger partial charge is 0.444 e. The molecular weight excluding hydrogens is 444 g/mol. The second kappa shape index (κ2) is 12.4. The fourth-order valence-electron chi connectivity index (χ4n) is 3.96. The number of nitrogens with one attached hydrogen (secondary N) is 3. The van der Waals surface area contributed by atoms with Gasteiger partial charge in [-0.3, -0.25) is 14.5 Å². The lowest BCUT2D eigenvalue weighted by atomic mass is 10.0. The van der Waals surface area contributed by atoms with E-state index in [4.69, 9.17) is 4.74 Å². The Balaban J connectivity index is 0.000000211. The highest BCUT2D eigenvalue weighted by atomic mass is 16.6. The molecule has 35 heavy (non-hydrogen) atoms. The molecule has 0 spiro atoms. The smallest absolute Gasteiger partial charge is 0.411 e. The third-order valence-electron chi connectivity index (χ3n) is 5.64. The third-order valence-corrected chi connectivity index (χ3v) is 5.64. The Kier molecular flexibility index (Phi) is 9.25. The van der Waals surface area contributed by atoms with Crippen molar-refractivity contribution in [2.24, 2.45) is 0 Å². The van der Waals surface area contributed by atoms with E-state index in [0.717, 1.165) is 25.1 Å². The quantitative estimate of drug-likeness (QED) is 0.624. The number of carbonyl (C=O) groups excluding carboxylic acids is 3.